The van der Waals surface area contributed by atoms with Gasteiger partial charge < -0.3 is 30.0 Å². The zero-order chi connectivity index (χ0) is 31.8. The summed E-state index contributed by atoms with van der Waals surface area (Å²) in [5.74, 6) is 0.181. The number of aromatic nitrogens is 3. The fourth-order valence-electron chi connectivity index (χ4n) is 7.44. The maximum atomic E-state index is 14.6. The highest BCUT2D eigenvalue weighted by atomic mass is 16.2. The number of amides is 3. The topological polar surface area (TPSA) is 109 Å². The van der Waals surface area contributed by atoms with Gasteiger partial charge in [0.1, 0.15) is 6.04 Å². The second-order valence-corrected chi connectivity index (χ2v) is 13.0. The minimum absolute atomic E-state index is 0.00479. The van der Waals surface area contributed by atoms with E-state index in [1.165, 1.54) is 0 Å². The number of nitrogens with one attached hydrogen (secondary N) is 3. The molecule has 0 radical (unpaired) electrons. The molecule has 2 aromatic heterocycles. The van der Waals surface area contributed by atoms with E-state index in [1.807, 2.05) is 82.4 Å². The van der Waals surface area contributed by atoms with Crippen molar-refractivity contribution in [2.45, 2.75) is 37.8 Å². The van der Waals surface area contributed by atoms with Crippen molar-refractivity contribution in [1.29, 1.82) is 0 Å². The number of fused-ring (bicyclic) bond motifs is 3. The van der Waals surface area contributed by atoms with Crippen LogP contribution in [0.1, 0.15) is 30.0 Å². The van der Waals surface area contributed by atoms with E-state index in [0.29, 0.717) is 38.9 Å². The van der Waals surface area contributed by atoms with Crippen molar-refractivity contribution < 1.29 is 9.59 Å². The number of carbonyl (C=O) groups excluding carboxylic acids is 2. The fraction of sp³-hybridized carbons (Fsp3) is 0.361. The second-order valence-electron chi connectivity index (χ2n) is 13.0. The molecule has 0 saturated carbocycles. The number of para-hydroxylation sites is 4. The van der Waals surface area contributed by atoms with Gasteiger partial charge in [0.15, 0.2) is 0 Å². The lowest BCUT2D eigenvalue weighted by Gasteiger charge is -2.38. The van der Waals surface area contributed by atoms with Gasteiger partial charge in [-0.3, -0.25) is 9.36 Å². The van der Waals surface area contributed by atoms with Gasteiger partial charge in [0.05, 0.1) is 11.0 Å². The van der Waals surface area contributed by atoms with Gasteiger partial charge in [0, 0.05) is 61.4 Å². The molecule has 3 N–H and O–H groups in total. The average molecular weight is 620 g/mol. The first-order valence-corrected chi connectivity index (χ1v) is 16.2. The third-order valence-corrected chi connectivity index (χ3v) is 9.56. The highest BCUT2D eigenvalue weighted by molar-refractivity contribution is 6.00. The van der Waals surface area contributed by atoms with Gasteiger partial charge in [-0.25, -0.2) is 9.59 Å². The predicted molar refractivity (Wildman–Crippen MR) is 181 cm³/mol. The molecular formula is C36H41N7O3. The summed E-state index contributed by atoms with van der Waals surface area (Å²) in [6, 6.07) is 22.9. The smallest absolute Gasteiger partial charge is 0.326 e. The van der Waals surface area contributed by atoms with Gasteiger partial charge in [-0.15, -0.1) is 0 Å². The molecule has 4 heterocycles. The van der Waals surface area contributed by atoms with Gasteiger partial charge in [-0.1, -0.05) is 48.5 Å². The molecule has 1 saturated heterocycles. The van der Waals surface area contributed by atoms with Crippen molar-refractivity contribution in [2.75, 3.05) is 45.2 Å². The summed E-state index contributed by atoms with van der Waals surface area (Å²) < 4.78 is 1.83. The van der Waals surface area contributed by atoms with Crippen LogP contribution < -0.4 is 15.9 Å². The van der Waals surface area contributed by atoms with Gasteiger partial charge in [0.25, 0.3) is 0 Å². The first kappa shape index (κ1) is 29.9. The van der Waals surface area contributed by atoms with Crippen LogP contribution in [0.4, 0.5) is 10.5 Å². The highest BCUT2D eigenvalue weighted by Gasteiger charge is 2.35. The molecule has 0 aliphatic carbocycles. The number of carbonyl (C=O) groups is 2. The molecule has 10 heteroatoms. The van der Waals surface area contributed by atoms with Crippen molar-refractivity contribution in [3.63, 3.8) is 0 Å². The molecule has 3 aromatic carbocycles. The summed E-state index contributed by atoms with van der Waals surface area (Å²) in [4.78, 5) is 53.4. The molecule has 2 aliphatic rings. The summed E-state index contributed by atoms with van der Waals surface area (Å²) >= 11 is 0. The second kappa shape index (κ2) is 12.5. The summed E-state index contributed by atoms with van der Waals surface area (Å²) in [5.41, 5.74) is 5.64. The van der Waals surface area contributed by atoms with Gasteiger partial charge >= 0.3 is 11.7 Å². The number of imidazole rings is 1. The van der Waals surface area contributed by atoms with E-state index in [-0.39, 0.29) is 29.6 Å². The van der Waals surface area contributed by atoms with Crippen LogP contribution in [0, 0.1) is 5.92 Å². The minimum Gasteiger partial charge on any atom is -0.361 e. The normalized spacial score (nSPS) is 17.8. The number of likely N-dealkylation sites (tertiary alicyclic amines) is 1. The van der Waals surface area contributed by atoms with Crippen LogP contribution in [0.5, 0.6) is 0 Å². The molecule has 10 nitrogen and oxygen atoms in total. The zero-order valence-corrected chi connectivity index (χ0v) is 26.4. The lowest BCUT2D eigenvalue weighted by Crippen LogP contribution is -2.56. The number of aromatic amines is 2. The highest BCUT2D eigenvalue weighted by Crippen LogP contribution is 2.31. The Kier molecular flexibility index (Phi) is 8.12. The van der Waals surface area contributed by atoms with E-state index in [1.54, 1.807) is 4.90 Å². The van der Waals surface area contributed by atoms with Crippen LogP contribution in [0.25, 0.3) is 21.9 Å². The van der Waals surface area contributed by atoms with Crippen molar-refractivity contribution in [1.82, 2.24) is 29.7 Å². The van der Waals surface area contributed by atoms with Crippen molar-refractivity contribution in [2.24, 2.45) is 5.92 Å². The van der Waals surface area contributed by atoms with Crippen LogP contribution in [-0.4, -0.2) is 82.6 Å². The van der Waals surface area contributed by atoms with Crippen LogP contribution in [0.3, 0.4) is 0 Å². The quantitative estimate of drug-likeness (QED) is 0.249. The first-order chi connectivity index (χ1) is 22.4. The van der Waals surface area contributed by atoms with E-state index in [4.69, 9.17) is 0 Å². The number of urea groups is 1. The molecule has 3 amide bonds. The van der Waals surface area contributed by atoms with E-state index >= 15 is 0 Å². The molecule has 238 valence electrons. The van der Waals surface area contributed by atoms with E-state index in [9.17, 15) is 14.4 Å². The van der Waals surface area contributed by atoms with E-state index in [2.05, 4.69) is 40.3 Å². The number of benzene rings is 3. The Hall–Kier alpha value is -4.83. The fourth-order valence-corrected chi connectivity index (χ4v) is 7.44. The molecule has 0 bridgehead atoms. The summed E-state index contributed by atoms with van der Waals surface area (Å²) in [6.45, 7) is 2.45. The molecule has 46 heavy (non-hydrogen) atoms. The van der Waals surface area contributed by atoms with Crippen LogP contribution in [0.15, 0.2) is 83.8 Å². The average Bonchev–Trinajstić information content (AvgIpc) is 3.63. The Morgan fingerprint density at radius 1 is 0.957 bits per heavy atom. The van der Waals surface area contributed by atoms with Crippen LogP contribution >= 0.6 is 0 Å². The number of hydrogen-bond donors (Lipinski definition) is 3. The molecule has 1 fully saturated rings. The standard InChI is InChI=1S/C36H41N7O3/c1-40(2)22-24-19-25-9-3-7-13-32(25)42(23-24)34(44)31(20-26-21-37-29-11-5-4-10-28(26)29)39-35(45)41-17-15-27(16-18-41)43-33-14-8-6-12-30(33)38-36(43)46/h3-14,21,24,27,31,37H,15-20,22-23H2,1-2H3,(H,38,46)(H,39,45)/t24?,31-/m1/s1. The Morgan fingerprint density at radius 3 is 2.48 bits per heavy atom. The number of rotatable bonds is 7. The summed E-state index contributed by atoms with van der Waals surface area (Å²) in [6.07, 6.45) is 4.53. The van der Waals surface area contributed by atoms with Gasteiger partial charge in [-0.2, -0.15) is 0 Å². The molecule has 0 spiro atoms. The number of nitrogens with zero attached hydrogens (tertiary/aromatic N) is 4. The third kappa shape index (κ3) is 5.80. The molecule has 7 rings (SSSR count). The molecule has 1 unspecified atom stereocenters. The summed E-state index contributed by atoms with van der Waals surface area (Å²) in [5, 5.41) is 4.21. The van der Waals surface area contributed by atoms with Crippen molar-refractivity contribution in [3.05, 3.63) is 101 Å². The monoisotopic (exact) mass is 619 g/mol. The predicted octanol–water partition coefficient (Wildman–Crippen LogP) is 4.54. The molecular weight excluding hydrogens is 578 g/mol. The van der Waals surface area contributed by atoms with Gasteiger partial charge in [-0.05, 0) is 74.7 Å². The van der Waals surface area contributed by atoms with E-state index in [0.717, 1.165) is 51.7 Å². The van der Waals surface area contributed by atoms with Gasteiger partial charge in [0.2, 0.25) is 5.91 Å². The maximum Gasteiger partial charge on any atom is 0.326 e. The Labute approximate surface area is 268 Å². The third-order valence-electron chi connectivity index (χ3n) is 9.56. The van der Waals surface area contributed by atoms with Crippen molar-refractivity contribution >= 4 is 39.6 Å². The molecule has 2 aliphatic heterocycles. The Morgan fingerprint density at radius 2 is 1.67 bits per heavy atom. The zero-order valence-electron chi connectivity index (χ0n) is 26.4. The number of hydrogen-bond acceptors (Lipinski definition) is 4. The Bertz CT molecular complexity index is 1930. The largest absolute Gasteiger partial charge is 0.361 e. The minimum atomic E-state index is -0.758. The number of H-pyrrole nitrogens is 2. The Balaban J connectivity index is 1.13. The maximum absolute atomic E-state index is 14.6. The summed E-state index contributed by atoms with van der Waals surface area (Å²) in [7, 11) is 4.12. The molecule has 2 atom stereocenters. The first-order valence-electron chi connectivity index (χ1n) is 16.2. The lowest BCUT2D eigenvalue weighted by molar-refractivity contribution is -0.120. The van der Waals surface area contributed by atoms with Crippen LogP contribution in [0.2, 0.25) is 0 Å². The number of anilines is 1. The SMILES string of the molecule is CN(C)CC1Cc2ccccc2N(C(=O)[C@@H](Cc2c[nH]c3ccccc23)NC(=O)N2CCC(n3c(=O)[nH]c4ccccc43)CC2)C1. The number of piperidine rings is 1. The molecule has 5 aromatic rings. The van der Waals surface area contributed by atoms with Crippen LogP contribution in [-0.2, 0) is 17.6 Å². The lowest BCUT2D eigenvalue weighted by atomic mass is 9.91. The van der Waals surface area contributed by atoms with Crippen molar-refractivity contribution in [3.8, 4) is 0 Å². The van der Waals surface area contributed by atoms with E-state index < -0.39 is 6.04 Å².